The van der Waals surface area contributed by atoms with E-state index in [1.54, 1.807) is 30.3 Å². The summed E-state index contributed by atoms with van der Waals surface area (Å²) in [7, 11) is 0. The number of terminal acetylenes is 1. The normalized spacial score (nSPS) is 14.9. The van der Waals surface area contributed by atoms with E-state index in [-0.39, 0.29) is 12.5 Å². The summed E-state index contributed by atoms with van der Waals surface area (Å²) in [4.78, 5) is 15.0. The molecule has 0 saturated carbocycles. The van der Waals surface area contributed by atoms with Crippen LogP contribution in [0.15, 0.2) is 44.2 Å². The highest BCUT2D eigenvalue weighted by Crippen LogP contribution is 2.41. The van der Waals surface area contributed by atoms with Gasteiger partial charge in [-0.25, -0.2) is 0 Å². The Hall–Kier alpha value is -1.50. The maximum absolute atomic E-state index is 13.0. The Bertz CT molecular complexity index is 1100. The van der Waals surface area contributed by atoms with Gasteiger partial charge >= 0.3 is 0 Å². The number of thioether (sulfide) groups is 1. The van der Waals surface area contributed by atoms with Crippen molar-refractivity contribution in [2.24, 2.45) is 0 Å². The van der Waals surface area contributed by atoms with Gasteiger partial charge in [-0.2, -0.15) is 0 Å². The lowest BCUT2D eigenvalue weighted by Gasteiger charge is -2.15. The smallest absolute Gasteiger partial charge is 0.270 e. The predicted molar refractivity (Wildman–Crippen MR) is 134 cm³/mol. The van der Waals surface area contributed by atoms with Crippen molar-refractivity contribution in [3.63, 3.8) is 0 Å². The molecule has 1 saturated heterocycles. The third-order valence-corrected chi connectivity index (χ3v) is 7.01. The molecule has 2 aromatic rings. The van der Waals surface area contributed by atoms with Gasteiger partial charge in [-0.3, -0.25) is 9.69 Å². The van der Waals surface area contributed by atoms with Crippen molar-refractivity contribution in [1.82, 2.24) is 0 Å². The zero-order valence-electron chi connectivity index (χ0n) is 15.6. The minimum atomic E-state index is -0.217. The van der Waals surface area contributed by atoms with Crippen LogP contribution in [0.5, 0.6) is 11.5 Å². The van der Waals surface area contributed by atoms with E-state index in [1.807, 2.05) is 13.0 Å². The summed E-state index contributed by atoms with van der Waals surface area (Å²) in [5.74, 6) is 3.27. The minimum absolute atomic E-state index is 0.117. The highest BCUT2D eigenvalue weighted by Gasteiger charge is 2.33. The van der Waals surface area contributed by atoms with Crippen LogP contribution in [0.1, 0.15) is 12.5 Å². The topological polar surface area (TPSA) is 38.8 Å². The van der Waals surface area contributed by atoms with Crippen LogP contribution in [0.2, 0.25) is 5.02 Å². The van der Waals surface area contributed by atoms with Crippen molar-refractivity contribution >= 4 is 89.4 Å². The molecule has 0 atom stereocenters. The third kappa shape index (κ3) is 5.04. The maximum atomic E-state index is 13.0. The van der Waals surface area contributed by atoms with Crippen LogP contribution in [-0.2, 0) is 4.79 Å². The van der Waals surface area contributed by atoms with Gasteiger partial charge in [-0.05, 0) is 80.8 Å². The third-order valence-electron chi connectivity index (χ3n) is 3.88. The van der Waals surface area contributed by atoms with E-state index in [1.165, 1.54) is 16.7 Å². The molecule has 9 heteroatoms. The standard InChI is InChI=1S/C21H14Br2ClNO3S2/c1-3-7-28-19-15(23)8-12(9-17(19)27-4-2)10-18-20(26)25(21(29)30-18)13-5-6-14(22)16(24)11-13/h1,5-6,8-11H,4,7H2,2H3/b18-10-. The molecule has 1 aliphatic rings. The summed E-state index contributed by atoms with van der Waals surface area (Å²) in [6, 6.07) is 8.88. The van der Waals surface area contributed by atoms with Crippen LogP contribution in [0, 0.1) is 12.3 Å². The Kier molecular flexibility index (Phi) is 7.88. The number of rotatable bonds is 6. The number of benzene rings is 2. The molecule has 154 valence electrons. The van der Waals surface area contributed by atoms with Crippen LogP contribution in [0.3, 0.4) is 0 Å². The molecule has 0 radical (unpaired) electrons. The van der Waals surface area contributed by atoms with Crippen molar-refractivity contribution in [2.45, 2.75) is 6.92 Å². The fraction of sp³-hybridized carbons (Fsp3) is 0.143. The molecule has 1 fully saturated rings. The molecule has 4 nitrogen and oxygen atoms in total. The predicted octanol–water partition coefficient (Wildman–Crippen LogP) is 6.68. The molecule has 0 N–H and O–H groups in total. The van der Waals surface area contributed by atoms with Gasteiger partial charge in [-0.15, -0.1) is 6.42 Å². The zero-order valence-corrected chi connectivity index (χ0v) is 21.1. The average molecular weight is 588 g/mol. The highest BCUT2D eigenvalue weighted by atomic mass is 79.9. The van der Waals surface area contributed by atoms with Crippen LogP contribution in [0.4, 0.5) is 5.69 Å². The molecule has 1 aliphatic heterocycles. The molecule has 3 rings (SSSR count). The summed E-state index contributed by atoms with van der Waals surface area (Å²) < 4.78 is 13.1. The number of anilines is 1. The van der Waals surface area contributed by atoms with Gasteiger partial charge in [0.05, 0.1) is 26.7 Å². The number of hydrogen-bond acceptors (Lipinski definition) is 5. The first-order valence-corrected chi connectivity index (χ1v) is 11.8. The molecule has 1 heterocycles. The molecular weight excluding hydrogens is 574 g/mol. The first-order valence-electron chi connectivity index (χ1n) is 8.61. The number of nitrogens with zero attached hydrogens (tertiary/aromatic N) is 1. The first kappa shape index (κ1) is 23.2. The summed E-state index contributed by atoms with van der Waals surface area (Å²) >= 11 is 19.7. The first-order chi connectivity index (χ1) is 14.3. The van der Waals surface area contributed by atoms with Gasteiger partial charge in [0.15, 0.2) is 15.8 Å². The maximum Gasteiger partial charge on any atom is 0.270 e. The molecule has 0 bridgehead atoms. The molecule has 0 aromatic heterocycles. The molecule has 0 aliphatic carbocycles. The Morgan fingerprint density at radius 3 is 2.70 bits per heavy atom. The van der Waals surface area contributed by atoms with E-state index >= 15 is 0 Å². The second kappa shape index (κ2) is 10.2. The van der Waals surface area contributed by atoms with E-state index < -0.39 is 0 Å². The van der Waals surface area contributed by atoms with Crippen molar-refractivity contribution in [3.8, 4) is 23.8 Å². The number of carbonyl (C=O) groups excluding carboxylic acids is 1. The lowest BCUT2D eigenvalue weighted by Crippen LogP contribution is -2.27. The summed E-state index contributed by atoms with van der Waals surface area (Å²) in [5.41, 5.74) is 1.37. The van der Waals surface area contributed by atoms with Gasteiger partial charge in [0.1, 0.15) is 6.61 Å². The van der Waals surface area contributed by atoms with Crippen LogP contribution >= 0.6 is 67.4 Å². The summed E-state index contributed by atoms with van der Waals surface area (Å²) in [6.45, 7) is 2.45. The quantitative estimate of drug-likeness (QED) is 0.214. The number of carbonyl (C=O) groups is 1. The van der Waals surface area contributed by atoms with Gasteiger partial charge in [0, 0.05) is 4.47 Å². The number of thiocarbonyl (C=S) groups is 1. The summed E-state index contributed by atoms with van der Waals surface area (Å²) in [6.07, 6.45) is 7.05. The van der Waals surface area contributed by atoms with Crippen LogP contribution < -0.4 is 14.4 Å². The Morgan fingerprint density at radius 2 is 2.03 bits per heavy atom. The molecular formula is C21H14Br2ClNO3S2. The lowest BCUT2D eigenvalue weighted by molar-refractivity contribution is -0.113. The molecule has 0 spiro atoms. The summed E-state index contributed by atoms with van der Waals surface area (Å²) in [5, 5.41) is 0.498. The number of amides is 1. The van der Waals surface area contributed by atoms with E-state index in [0.29, 0.717) is 42.5 Å². The highest BCUT2D eigenvalue weighted by molar-refractivity contribution is 9.10. The van der Waals surface area contributed by atoms with Crippen molar-refractivity contribution < 1.29 is 14.3 Å². The monoisotopic (exact) mass is 585 g/mol. The molecule has 30 heavy (non-hydrogen) atoms. The number of halogens is 3. The van der Waals surface area contributed by atoms with E-state index in [4.69, 9.17) is 39.7 Å². The fourth-order valence-corrected chi connectivity index (χ4v) is 4.95. The van der Waals surface area contributed by atoms with Crippen molar-refractivity contribution in [3.05, 3.63) is 54.8 Å². The Balaban J connectivity index is 1.95. The molecule has 2 aromatic carbocycles. The van der Waals surface area contributed by atoms with Crippen molar-refractivity contribution in [1.29, 1.82) is 0 Å². The van der Waals surface area contributed by atoms with E-state index in [9.17, 15) is 4.79 Å². The number of ether oxygens (including phenoxy) is 2. The minimum Gasteiger partial charge on any atom is -0.490 e. The van der Waals surface area contributed by atoms with Crippen molar-refractivity contribution in [2.75, 3.05) is 18.1 Å². The molecule has 0 unspecified atom stereocenters. The SMILES string of the molecule is C#CCOc1c(Br)cc(/C=C2\SC(=S)N(c3ccc(Br)c(Cl)c3)C2=O)cc1OCC. The second-order valence-corrected chi connectivity index (χ2v) is 9.66. The van der Waals surface area contributed by atoms with Gasteiger partial charge in [0.2, 0.25) is 0 Å². The second-order valence-electron chi connectivity index (χ2n) is 5.87. The fourth-order valence-electron chi connectivity index (χ4n) is 2.65. The lowest BCUT2D eigenvalue weighted by atomic mass is 10.1. The zero-order chi connectivity index (χ0) is 21.8. The van der Waals surface area contributed by atoms with Crippen LogP contribution in [-0.4, -0.2) is 23.4 Å². The van der Waals surface area contributed by atoms with Crippen LogP contribution in [0.25, 0.3) is 6.08 Å². The molecule has 1 amide bonds. The number of hydrogen-bond donors (Lipinski definition) is 0. The van der Waals surface area contributed by atoms with Gasteiger partial charge in [0.25, 0.3) is 5.91 Å². The van der Waals surface area contributed by atoms with Gasteiger partial charge in [-0.1, -0.05) is 41.5 Å². The largest absolute Gasteiger partial charge is 0.490 e. The average Bonchev–Trinajstić information content (AvgIpc) is 2.97. The Morgan fingerprint density at radius 1 is 1.27 bits per heavy atom. The van der Waals surface area contributed by atoms with E-state index in [0.717, 1.165) is 10.0 Å². The Labute approximate surface area is 206 Å². The van der Waals surface area contributed by atoms with Gasteiger partial charge < -0.3 is 9.47 Å². The van der Waals surface area contributed by atoms with E-state index in [2.05, 4.69) is 37.8 Å².